The van der Waals surface area contributed by atoms with E-state index in [2.05, 4.69) is 4.99 Å². The highest BCUT2D eigenvalue weighted by molar-refractivity contribution is 6.31. The molecule has 2 rings (SSSR count). The first-order chi connectivity index (χ1) is 7.65. The predicted molar refractivity (Wildman–Crippen MR) is 61.5 cm³/mol. The first kappa shape index (κ1) is 11.0. The second kappa shape index (κ2) is 4.14. The number of ether oxygens (including phenoxy) is 1. The highest BCUT2D eigenvalue weighted by atomic mass is 35.5. The van der Waals surface area contributed by atoms with E-state index < -0.39 is 5.54 Å². The first-order valence-corrected chi connectivity index (χ1v) is 5.21. The number of carbonyl (C=O) groups excluding carboxylic acids is 1. The molecule has 0 bridgehead atoms. The van der Waals surface area contributed by atoms with Gasteiger partial charge < -0.3 is 15.3 Å². The number of amidine groups is 1. The van der Waals surface area contributed by atoms with Crippen LogP contribution in [0, 0.1) is 0 Å². The van der Waals surface area contributed by atoms with Gasteiger partial charge in [-0.1, -0.05) is 29.8 Å². The Morgan fingerprint density at radius 3 is 2.88 bits per heavy atom. The van der Waals surface area contributed by atoms with Gasteiger partial charge in [-0.2, -0.15) is 0 Å². The van der Waals surface area contributed by atoms with Crippen LogP contribution < -0.4 is 5.73 Å². The molecule has 0 aliphatic carbocycles. The summed E-state index contributed by atoms with van der Waals surface area (Å²) in [5, 5.41) is 0.615. The fourth-order valence-corrected chi connectivity index (χ4v) is 1.85. The maximum absolute atomic E-state index is 11.1. The van der Waals surface area contributed by atoms with Crippen LogP contribution in [0.1, 0.15) is 5.56 Å². The summed E-state index contributed by atoms with van der Waals surface area (Å²) in [5.74, 6) is 0. The van der Waals surface area contributed by atoms with Gasteiger partial charge >= 0.3 is 0 Å². The summed E-state index contributed by atoms with van der Waals surface area (Å²) in [7, 11) is 0. The summed E-state index contributed by atoms with van der Waals surface area (Å²) in [5.41, 5.74) is 5.35. The van der Waals surface area contributed by atoms with Crippen LogP contribution in [0.4, 0.5) is 0 Å². The molecule has 1 aromatic rings. The average molecular weight is 239 g/mol. The molecule has 0 spiro atoms. The van der Waals surface area contributed by atoms with Gasteiger partial charge in [-0.05, 0) is 11.6 Å². The zero-order chi connectivity index (χ0) is 11.6. The Kier molecular flexibility index (Phi) is 2.83. The van der Waals surface area contributed by atoms with Gasteiger partial charge in [0.15, 0.2) is 11.8 Å². The normalized spacial score (nSPS) is 23.7. The van der Waals surface area contributed by atoms with Gasteiger partial charge in [-0.15, -0.1) is 0 Å². The van der Waals surface area contributed by atoms with E-state index in [0.29, 0.717) is 11.4 Å². The minimum Gasteiger partial charge on any atom is -0.462 e. The molecule has 1 unspecified atom stereocenters. The van der Waals surface area contributed by atoms with Gasteiger partial charge in [0, 0.05) is 11.4 Å². The third-order valence-electron chi connectivity index (χ3n) is 2.48. The molecule has 0 fully saturated rings. The minimum absolute atomic E-state index is 0.0548. The van der Waals surface area contributed by atoms with Crippen molar-refractivity contribution in [3.8, 4) is 0 Å². The monoisotopic (exact) mass is 238 g/mol. The molecule has 0 aromatic heterocycles. The minimum atomic E-state index is -0.922. The molecule has 16 heavy (non-hydrogen) atoms. The van der Waals surface area contributed by atoms with Crippen molar-refractivity contribution in [2.24, 2.45) is 10.7 Å². The number of hydrogen-bond donors (Lipinski definition) is 1. The predicted octanol–water partition coefficient (Wildman–Crippen LogP) is 1.17. The lowest BCUT2D eigenvalue weighted by Crippen LogP contribution is -2.33. The molecule has 0 saturated heterocycles. The number of carbonyl (C=O) groups is 1. The van der Waals surface area contributed by atoms with Crippen molar-refractivity contribution in [1.29, 1.82) is 0 Å². The van der Waals surface area contributed by atoms with E-state index >= 15 is 0 Å². The smallest absolute Gasteiger partial charge is 0.283 e. The summed E-state index contributed by atoms with van der Waals surface area (Å²) in [6.45, 7) is 0.174. The SMILES string of the molecule is NC1=NC(C=O)(Cc2ccccc2Cl)CO1. The van der Waals surface area contributed by atoms with E-state index in [1.165, 1.54) is 0 Å². The third-order valence-corrected chi connectivity index (χ3v) is 2.85. The van der Waals surface area contributed by atoms with Crippen LogP contribution in [0.25, 0.3) is 0 Å². The van der Waals surface area contributed by atoms with E-state index in [0.717, 1.165) is 11.8 Å². The van der Waals surface area contributed by atoms with E-state index in [4.69, 9.17) is 22.1 Å². The molecule has 5 heteroatoms. The van der Waals surface area contributed by atoms with Crippen LogP contribution in [0.3, 0.4) is 0 Å². The number of nitrogens with zero attached hydrogens (tertiary/aromatic N) is 1. The van der Waals surface area contributed by atoms with Crippen molar-refractivity contribution in [2.75, 3.05) is 6.61 Å². The van der Waals surface area contributed by atoms with Gasteiger partial charge in [0.2, 0.25) is 0 Å². The number of hydrogen-bond acceptors (Lipinski definition) is 4. The number of rotatable bonds is 3. The Morgan fingerprint density at radius 2 is 2.31 bits per heavy atom. The van der Waals surface area contributed by atoms with Gasteiger partial charge in [-0.3, -0.25) is 0 Å². The summed E-state index contributed by atoms with van der Waals surface area (Å²) in [6.07, 6.45) is 1.16. The van der Waals surface area contributed by atoms with Crippen LogP contribution in [-0.2, 0) is 16.0 Å². The number of aliphatic imine (C=N–C) groups is 1. The Hall–Kier alpha value is -1.55. The number of aldehydes is 1. The maximum Gasteiger partial charge on any atom is 0.283 e. The lowest BCUT2D eigenvalue weighted by atomic mass is 9.94. The lowest BCUT2D eigenvalue weighted by Gasteiger charge is -2.17. The van der Waals surface area contributed by atoms with E-state index in [1.54, 1.807) is 6.07 Å². The van der Waals surface area contributed by atoms with Crippen LogP contribution in [0.2, 0.25) is 5.02 Å². The van der Waals surface area contributed by atoms with Gasteiger partial charge in [-0.25, -0.2) is 4.99 Å². The summed E-state index contributed by atoms with van der Waals surface area (Å²) >= 11 is 6.02. The molecule has 84 valence electrons. The maximum atomic E-state index is 11.1. The largest absolute Gasteiger partial charge is 0.462 e. The molecule has 1 aliphatic heterocycles. The highest BCUT2D eigenvalue weighted by Gasteiger charge is 2.36. The number of nitrogens with two attached hydrogens (primary N) is 1. The standard InChI is InChI=1S/C11H11ClN2O2/c12-9-4-2-1-3-8(9)5-11(6-15)7-16-10(13)14-11/h1-4,6H,5,7H2,(H2,13,14). The van der Waals surface area contributed by atoms with Gasteiger partial charge in [0.25, 0.3) is 6.02 Å². The summed E-state index contributed by atoms with van der Waals surface area (Å²) in [4.78, 5) is 15.1. The van der Waals surface area contributed by atoms with Crippen molar-refractivity contribution in [3.63, 3.8) is 0 Å². The van der Waals surface area contributed by atoms with Crippen molar-refractivity contribution >= 4 is 23.9 Å². The molecule has 2 N–H and O–H groups in total. The molecule has 4 nitrogen and oxygen atoms in total. The summed E-state index contributed by atoms with van der Waals surface area (Å²) in [6, 6.07) is 7.39. The van der Waals surface area contributed by atoms with Gasteiger partial charge in [0.1, 0.15) is 6.61 Å². The quantitative estimate of drug-likeness (QED) is 0.804. The van der Waals surface area contributed by atoms with Gasteiger partial charge in [0.05, 0.1) is 0 Å². The molecule has 1 aliphatic rings. The third kappa shape index (κ3) is 2.02. The topological polar surface area (TPSA) is 64.7 Å². The average Bonchev–Trinajstić information content (AvgIpc) is 2.65. The fraction of sp³-hybridized carbons (Fsp3) is 0.273. The number of benzene rings is 1. The van der Waals surface area contributed by atoms with E-state index in [1.807, 2.05) is 18.2 Å². The van der Waals surface area contributed by atoms with Crippen LogP contribution in [-0.4, -0.2) is 24.5 Å². The molecule has 1 atom stereocenters. The van der Waals surface area contributed by atoms with Crippen LogP contribution >= 0.6 is 11.6 Å². The Balaban J connectivity index is 2.27. The van der Waals surface area contributed by atoms with Crippen molar-refractivity contribution < 1.29 is 9.53 Å². The fourth-order valence-electron chi connectivity index (χ4n) is 1.65. The van der Waals surface area contributed by atoms with Crippen molar-refractivity contribution in [2.45, 2.75) is 12.0 Å². The molecule has 0 radical (unpaired) electrons. The van der Waals surface area contributed by atoms with Crippen LogP contribution in [0.5, 0.6) is 0 Å². The van der Waals surface area contributed by atoms with Crippen LogP contribution in [0.15, 0.2) is 29.3 Å². The molecule has 0 saturated carbocycles. The molecule has 1 heterocycles. The molecular formula is C11H11ClN2O2. The zero-order valence-corrected chi connectivity index (χ0v) is 9.28. The molecule has 0 amide bonds. The Labute approximate surface area is 98.1 Å². The molecule has 1 aromatic carbocycles. The second-order valence-corrected chi connectivity index (χ2v) is 4.14. The molecular weight excluding hydrogens is 228 g/mol. The highest BCUT2D eigenvalue weighted by Crippen LogP contribution is 2.25. The van der Waals surface area contributed by atoms with E-state index in [-0.39, 0.29) is 12.6 Å². The lowest BCUT2D eigenvalue weighted by molar-refractivity contribution is -0.112. The van der Waals surface area contributed by atoms with E-state index in [9.17, 15) is 4.79 Å². The van der Waals surface area contributed by atoms with Crippen molar-refractivity contribution in [1.82, 2.24) is 0 Å². The number of halogens is 1. The second-order valence-electron chi connectivity index (χ2n) is 3.73. The Bertz CT molecular complexity index is 447. The Morgan fingerprint density at radius 1 is 1.56 bits per heavy atom. The zero-order valence-electron chi connectivity index (χ0n) is 8.52. The first-order valence-electron chi connectivity index (χ1n) is 4.83. The summed E-state index contributed by atoms with van der Waals surface area (Å²) < 4.78 is 5.03. The van der Waals surface area contributed by atoms with Crippen molar-refractivity contribution in [3.05, 3.63) is 34.9 Å².